The number of benzene rings is 1. The van der Waals surface area contributed by atoms with Crippen molar-refractivity contribution in [3.05, 3.63) is 40.7 Å². The van der Waals surface area contributed by atoms with Crippen molar-refractivity contribution in [1.82, 2.24) is 19.5 Å². The molecule has 0 radical (unpaired) electrons. The third kappa shape index (κ3) is 3.38. The van der Waals surface area contributed by atoms with Crippen molar-refractivity contribution >= 4 is 21.6 Å². The number of hydrogen-bond acceptors (Lipinski definition) is 5. The van der Waals surface area contributed by atoms with Crippen LogP contribution in [0.3, 0.4) is 0 Å². The van der Waals surface area contributed by atoms with Crippen molar-refractivity contribution in [2.75, 3.05) is 0 Å². The summed E-state index contributed by atoms with van der Waals surface area (Å²) in [6.45, 7) is -0.277. The first-order valence-electron chi connectivity index (χ1n) is 5.85. The topological polar surface area (TPSA) is 103 Å². The minimum atomic E-state index is -4.08. The van der Waals surface area contributed by atoms with Crippen LogP contribution in [0.4, 0.5) is 4.39 Å². The highest BCUT2D eigenvalue weighted by Gasteiger charge is 2.22. The quantitative estimate of drug-likeness (QED) is 0.831. The van der Waals surface area contributed by atoms with Gasteiger partial charge in [-0.3, -0.25) is 0 Å². The lowest BCUT2D eigenvalue weighted by Gasteiger charge is -2.10. The summed E-state index contributed by atoms with van der Waals surface area (Å²) < 4.78 is 42.2. The smallest absolute Gasteiger partial charge is 0.243 e. The van der Waals surface area contributed by atoms with E-state index in [2.05, 4.69) is 14.9 Å². The Labute approximate surface area is 126 Å². The van der Waals surface area contributed by atoms with Crippen LogP contribution in [0.2, 0.25) is 5.02 Å². The number of nitrogens with one attached hydrogen (secondary N) is 1. The zero-order chi connectivity index (χ0) is 15.6. The van der Waals surface area contributed by atoms with Crippen LogP contribution in [0.25, 0.3) is 0 Å². The van der Waals surface area contributed by atoms with E-state index in [9.17, 15) is 12.8 Å². The van der Waals surface area contributed by atoms with Crippen LogP contribution < -0.4 is 10.5 Å². The molecule has 10 heteroatoms. The molecule has 0 amide bonds. The number of aryl methyl sites for hydroxylation is 1. The molecule has 1 heterocycles. The summed E-state index contributed by atoms with van der Waals surface area (Å²) in [6, 6.07) is 2.33. The first-order chi connectivity index (χ1) is 9.85. The number of nitrogens with two attached hydrogens (primary N) is 1. The third-order valence-electron chi connectivity index (χ3n) is 2.81. The predicted octanol–water partition coefficient (Wildman–Crippen LogP) is 0.545. The average molecular weight is 334 g/mol. The largest absolute Gasteiger partial charge is 0.326 e. The van der Waals surface area contributed by atoms with Gasteiger partial charge in [-0.15, -0.1) is 10.2 Å². The maximum Gasteiger partial charge on any atom is 0.243 e. The van der Waals surface area contributed by atoms with E-state index in [1.165, 1.54) is 12.4 Å². The highest BCUT2D eigenvalue weighted by atomic mass is 35.5. The summed E-state index contributed by atoms with van der Waals surface area (Å²) in [4.78, 5) is -0.544. The lowest BCUT2D eigenvalue weighted by atomic mass is 10.2. The SMILES string of the molecule is Cn1cnnc1CNS(=O)(=O)c1cc(Cl)cc(CN)c1F. The fourth-order valence-electron chi connectivity index (χ4n) is 1.67. The average Bonchev–Trinajstić information content (AvgIpc) is 2.84. The van der Waals surface area contributed by atoms with Gasteiger partial charge >= 0.3 is 0 Å². The first-order valence-corrected chi connectivity index (χ1v) is 7.72. The van der Waals surface area contributed by atoms with Crippen LogP contribution >= 0.6 is 11.6 Å². The van der Waals surface area contributed by atoms with Gasteiger partial charge in [0.2, 0.25) is 10.0 Å². The van der Waals surface area contributed by atoms with Crippen molar-refractivity contribution in [1.29, 1.82) is 0 Å². The van der Waals surface area contributed by atoms with E-state index < -0.39 is 20.7 Å². The maximum atomic E-state index is 14.1. The summed E-state index contributed by atoms with van der Waals surface area (Å²) in [5.41, 5.74) is 5.40. The van der Waals surface area contributed by atoms with Gasteiger partial charge in [0.25, 0.3) is 0 Å². The molecule has 3 N–H and O–H groups in total. The highest BCUT2D eigenvalue weighted by Crippen LogP contribution is 2.23. The van der Waals surface area contributed by atoms with Crippen molar-refractivity contribution < 1.29 is 12.8 Å². The van der Waals surface area contributed by atoms with Gasteiger partial charge in [0.15, 0.2) is 0 Å². The molecule has 7 nitrogen and oxygen atoms in total. The van der Waals surface area contributed by atoms with E-state index in [1.807, 2.05) is 0 Å². The highest BCUT2D eigenvalue weighted by molar-refractivity contribution is 7.89. The molecule has 0 spiro atoms. The Morgan fingerprint density at radius 1 is 1.48 bits per heavy atom. The van der Waals surface area contributed by atoms with Gasteiger partial charge in [0.05, 0.1) is 6.54 Å². The second-order valence-corrected chi connectivity index (χ2v) is 6.44. The van der Waals surface area contributed by atoms with E-state index in [1.54, 1.807) is 11.6 Å². The monoisotopic (exact) mass is 333 g/mol. The van der Waals surface area contributed by atoms with E-state index in [-0.39, 0.29) is 23.7 Å². The van der Waals surface area contributed by atoms with Gasteiger partial charge in [-0.1, -0.05) is 11.6 Å². The summed E-state index contributed by atoms with van der Waals surface area (Å²) in [5, 5.41) is 7.45. The Morgan fingerprint density at radius 3 is 2.76 bits per heavy atom. The Bertz CT molecular complexity index is 762. The molecule has 0 saturated heterocycles. The van der Waals surface area contributed by atoms with E-state index in [0.29, 0.717) is 5.82 Å². The molecule has 2 aromatic rings. The molecular formula is C11H13ClFN5O2S. The molecule has 1 aromatic heterocycles. The number of rotatable bonds is 5. The molecule has 0 fully saturated rings. The number of nitrogens with zero attached hydrogens (tertiary/aromatic N) is 3. The van der Waals surface area contributed by atoms with E-state index >= 15 is 0 Å². The zero-order valence-corrected chi connectivity index (χ0v) is 12.6. The number of halogens is 2. The van der Waals surface area contributed by atoms with Gasteiger partial charge in [0.1, 0.15) is 22.9 Å². The van der Waals surface area contributed by atoms with E-state index in [0.717, 1.165) is 6.07 Å². The second-order valence-electron chi connectivity index (χ2n) is 4.26. The molecule has 0 aliphatic rings. The normalized spacial score (nSPS) is 11.8. The molecule has 2 rings (SSSR count). The standard InChI is InChI=1S/C11H13ClFN5O2S/c1-18-6-15-17-10(18)5-16-21(19,20)9-3-8(12)2-7(4-14)11(9)13/h2-3,6,16H,4-5,14H2,1H3. The van der Waals surface area contributed by atoms with Crippen molar-refractivity contribution in [2.24, 2.45) is 12.8 Å². The van der Waals surface area contributed by atoms with E-state index in [4.69, 9.17) is 17.3 Å². The van der Waals surface area contributed by atoms with Gasteiger partial charge in [-0.25, -0.2) is 17.5 Å². The third-order valence-corrected chi connectivity index (χ3v) is 4.43. The lowest BCUT2D eigenvalue weighted by molar-refractivity contribution is 0.547. The van der Waals surface area contributed by atoms with Crippen LogP contribution in [0, 0.1) is 5.82 Å². The lowest BCUT2D eigenvalue weighted by Crippen LogP contribution is -2.26. The van der Waals surface area contributed by atoms with Crippen LogP contribution in [0.5, 0.6) is 0 Å². The second kappa shape index (κ2) is 6.06. The van der Waals surface area contributed by atoms with Gasteiger partial charge in [0, 0.05) is 24.2 Å². The number of aromatic nitrogens is 3. The van der Waals surface area contributed by atoms with Crippen LogP contribution in [0.1, 0.15) is 11.4 Å². The number of hydrogen-bond donors (Lipinski definition) is 2. The Hall–Kier alpha value is -1.55. The molecule has 114 valence electrons. The molecule has 0 aliphatic heterocycles. The Balaban J connectivity index is 2.32. The fourth-order valence-corrected chi connectivity index (χ4v) is 3.10. The molecule has 0 saturated carbocycles. The summed E-state index contributed by atoms with van der Waals surface area (Å²) >= 11 is 5.79. The van der Waals surface area contributed by atoms with Crippen molar-refractivity contribution in [3.63, 3.8) is 0 Å². The van der Waals surface area contributed by atoms with Crippen molar-refractivity contribution in [3.8, 4) is 0 Å². The van der Waals surface area contributed by atoms with Gasteiger partial charge in [-0.2, -0.15) is 0 Å². The van der Waals surface area contributed by atoms with Gasteiger partial charge in [-0.05, 0) is 12.1 Å². The molecule has 0 unspecified atom stereocenters. The minimum absolute atomic E-state index is 0.0292. The zero-order valence-electron chi connectivity index (χ0n) is 11.0. The van der Waals surface area contributed by atoms with Crippen molar-refractivity contribution in [2.45, 2.75) is 18.0 Å². The Kier molecular flexibility index (Phi) is 4.57. The maximum absolute atomic E-state index is 14.1. The Morgan fingerprint density at radius 2 is 2.19 bits per heavy atom. The molecule has 0 atom stereocenters. The van der Waals surface area contributed by atoms with Crippen LogP contribution in [0.15, 0.2) is 23.4 Å². The summed E-state index contributed by atoms with van der Waals surface area (Å²) in [6.07, 6.45) is 1.43. The van der Waals surface area contributed by atoms with Crippen LogP contribution in [-0.2, 0) is 30.2 Å². The minimum Gasteiger partial charge on any atom is -0.326 e. The molecule has 0 bridgehead atoms. The molecule has 1 aromatic carbocycles. The molecule has 0 aliphatic carbocycles. The van der Waals surface area contributed by atoms with Gasteiger partial charge < -0.3 is 10.3 Å². The van der Waals surface area contributed by atoms with Crippen LogP contribution in [-0.4, -0.2) is 23.2 Å². The molecule has 21 heavy (non-hydrogen) atoms. The fraction of sp³-hybridized carbons (Fsp3) is 0.273. The molecular weight excluding hydrogens is 321 g/mol. The first kappa shape index (κ1) is 15.8. The predicted molar refractivity (Wildman–Crippen MR) is 74.3 cm³/mol. The summed E-state index contributed by atoms with van der Waals surface area (Å²) in [7, 11) is -2.42. The summed E-state index contributed by atoms with van der Waals surface area (Å²) in [5.74, 6) is -0.521. The number of sulfonamides is 1.